The molecule has 1 amide bonds. The fraction of sp³-hybridized carbons (Fsp3) is 0.588. The second-order valence-corrected chi connectivity index (χ2v) is 14.1. The van der Waals surface area contributed by atoms with Gasteiger partial charge in [-0.2, -0.15) is 4.31 Å². The lowest BCUT2D eigenvalue weighted by molar-refractivity contribution is -0.123. The lowest BCUT2D eigenvalue weighted by atomic mass is 9.95. The van der Waals surface area contributed by atoms with Gasteiger partial charge in [-0.25, -0.2) is 29.6 Å². The molecule has 0 bridgehead atoms. The summed E-state index contributed by atoms with van der Waals surface area (Å²) >= 11 is 0. The van der Waals surface area contributed by atoms with Crippen LogP contribution in [0, 0.1) is 5.41 Å². The molecule has 2 fully saturated rings. The van der Waals surface area contributed by atoms with Gasteiger partial charge in [-0.05, 0) is 38.5 Å². The van der Waals surface area contributed by atoms with Crippen LogP contribution in [-0.4, -0.2) is 72.9 Å². The first-order valence-electron chi connectivity index (χ1n) is 9.06. The number of anilines is 1. The third-order valence-electron chi connectivity index (χ3n) is 5.35. The molecule has 0 radical (unpaired) electrons. The minimum Gasteiger partial charge on any atom is -0.495 e. The largest absolute Gasteiger partial charge is 0.495 e. The van der Waals surface area contributed by atoms with Crippen LogP contribution < -0.4 is 9.04 Å². The van der Waals surface area contributed by atoms with Crippen LogP contribution >= 0.6 is 0 Å². The Morgan fingerprint density at radius 3 is 2.30 bits per heavy atom. The first-order chi connectivity index (χ1) is 13.6. The van der Waals surface area contributed by atoms with Crippen molar-refractivity contribution in [2.45, 2.75) is 31.2 Å². The zero-order chi connectivity index (χ0) is 22.7. The van der Waals surface area contributed by atoms with E-state index in [9.17, 15) is 30.0 Å². The van der Waals surface area contributed by atoms with Crippen molar-refractivity contribution in [2.24, 2.45) is 5.41 Å². The molecule has 0 spiro atoms. The number of methoxy groups -OCH3 is 1. The van der Waals surface area contributed by atoms with E-state index in [1.807, 2.05) is 0 Å². The maximum atomic E-state index is 13.2. The molecular weight excluding hydrogens is 456 g/mol. The van der Waals surface area contributed by atoms with E-state index < -0.39 is 53.0 Å². The van der Waals surface area contributed by atoms with Crippen molar-refractivity contribution in [1.82, 2.24) is 4.31 Å². The Bertz CT molecular complexity index is 1200. The number of carbonyl (C=O) groups is 1. The molecule has 2 heterocycles. The average molecular weight is 481 g/mol. The van der Waals surface area contributed by atoms with Crippen LogP contribution in [0.2, 0.25) is 0 Å². The zero-order valence-electron chi connectivity index (χ0n) is 17.0. The molecule has 168 valence electrons. The number of amides is 1. The number of ether oxygens (including phenoxy) is 1. The van der Waals surface area contributed by atoms with E-state index in [2.05, 4.69) is 0 Å². The van der Waals surface area contributed by atoms with Gasteiger partial charge < -0.3 is 4.74 Å². The Morgan fingerprint density at radius 2 is 1.83 bits per heavy atom. The summed E-state index contributed by atoms with van der Waals surface area (Å²) in [4.78, 5) is 12.3. The van der Waals surface area contributed by atoms with Crippen LogP contribution in [0.25, 0.3) is 0 Å². The molecule has 3 rings (SSSR count). The minimum absolute atomic E-state index is 0.0465. The van der Waals surface area contributed by atoms with E-state index in [4.69, 9.17) is 4.74 Å². The normalized spacial score (nSPS) is 25.0. The number of hydrogen-bond acceptors (Lipinski definition) is 8. The van der Waals surface area contributed by atoms with Gasteiger partial charge in [0.05, 0.1) is 35.5 Å². The maximum absolute atomic E-state index is 13.2. The lowest BCUT2D eigenvalue weighted by Gasteiger charge is -2.25. The molecule has 2 saturated heterocycles. The summed E-state index contributed by atoms with van der Waals surface area (Å²) in [5.74, 6) is -1.50. The molecule has 30 heavy (non-hydrogen) atoms. The Hall–Kier alpha value is -1.70. The fourth-order valence-corrected chi connectivity index (χ4v) is 9.19. The number of benzene rings is 1. The van der Waals surface area contributed by atoms with Crippen molar-refractivity contribution in [3.05, 3.63) is 18.2 Å². The summed E-state index contributed by atoms with van der Waals surface area (Å²) in [7, 11) is -9.01. The van der Waals surface area contributed by atoms with Crippen LogP contribution in [0.1, 0.15) is 20.3 Å². The Morgan fingerprint density at radius 1 is 1.20 bits per heavy atom. The van der Waals surface area contributed by atoms with Gasteiger partial charge in [0, 0.05) is 13.1 Å². The van der Waals surface area contributed by atoms with Gasteiger partial charge in [0.15, 0.2) is 9.84 Å². The molecule has 10 nitrogen and oxygen atoms in total. The quantitative estimate of drug-likeness (QED) is 0.583. The van der Waals surface area contributed by atoms with E-state index in [0.29, 0.717) is 4.31 Å². The molecule has 13 heteroatoms. The van der Waals surface area contributed by atoms with Crippen molar-refractivity contribution in [3.8, 4) is 5.75 Å². The molecule has 0 aromatic heterocycles. The highest BCUT2D eigenvalue weighted by Gasteiger charge is 2.50. The van der Waals surface area contributed by atoms with Gasteiger partial charge >= 0.3 is 0 Å². The number of hydrogen-bond donors (Lipinski definition) is 0. The van der Waals surface area contributed by atoms with Crippen LogP contribution in [0.5, 0.6) is 5.75 Å². The SMILES string of the molecule is COc1ccc(N2C(=O)C(C)(C)CS2(=O)=O)cc1S(=O)(=O)N(C)C1CCS(=O)(=O)C1. The topological polar surface area (TPSA) is 135 Å². The van der Waals surface area contributed by atoms with Crippen LogP contribution in [0.15, 0.2) is 23.1 Å². The lowest BCUT2D eigenvalue weighted by Crippen LogP contribution is -2.38. The van der Waals surface area contributed by atoms with Crippen molar-refractivity contribution in [3.63, 3.8) is 0 Å². The van der Waals surface area contributed by atoms with Gasteiger partial charge in [-0.15, -0.1) is 0 Å². The highest BCUT2D eigenvalue weighted by molar-refractivity contribution is 7.94. The number of carbonyl (C=O) groups excluding carboxylic acids is 1. The van der Waals surface area contributed by atoms with Crippen LogP contribution in [0.4, 0.5) is 5.69 Å². The second kappa shape index (κ2) is 7.18. The van der Waals surface area contributed by atoms with E-state index in [1.165, 1.54) is 40.1 Å². The first kappa shape index (κ1) is 23.0. The first-order valence-corrected chi connectivity index (χ1v) is 13.9. The van der Waals surface area contributed by atoms with Crippen molar-refractivity contribution in [1.29, 1.82) is 0 Å². The fourth-order valence-electron chi connectivity index (χ4n) is 3.67. The predicted molar refractivity (Wildman–Crippen MR) is 110 cm³/mol. The zero-order valence-corrected chi connectivity index (χ0v) is 19.5. The molecule has 1 atom stereocenters. The van der Waals surface area contributed by atoms with Crippen molar-refractivity contribution >= 4 is 41.5 Å². The van der Waals surface area contributed by atoms with Gasteiger partial charge in [0.25, 0.3) is 0 Å². The summed E-state index contributed by atoms with van der Waals surface area (Å²) in [5, 5.41) is 0. The molecule has 0 N–H and O–H groups in total. The molecule has 2 aliphatic heterocycles. The third-order valence-corrected chi connectivity index (χ3v) is 11.0. The third kappa shape index (κ3) is 3.83. The smallest absolute Gasteiger partial charge is 0.247 e. The summed E-state index contributed by atoms with van der Waals surface area (Å²) < 4.78 is 81.9. The molecule has 0 saturated carbocycles. The van der Waals surface area contributed by atoms with Gasteiger partial charge in [0.1, 0.15) is 10.6 Å². The Kier molecular flexibility index (Phi) is 5.49. The van der Waals surface area contributed by atoms with E-state index >= 15 is 0 Å². The summed E-state index contributed by atoms with van der Waals surface area (Å²) in [6, 6.07) is 2.90. The van der Waals surface area contributed by atoms with Crippen molar-refractivity contribution in [2.75, 3.05) is 35.7 Å². The molecular formula is C17H24N2O8S3. The average Bonchev–Trinajstić information content (AvgIpc) is 3.06. The highest BCUT2D eigenvalue weighted by atomic mass is 32.2. The van der Waals surface area contributed by atoms with Crippen LogP contribution in [-0.2, 0) is 34.7 Å². The van der Waals surface area contributed by atoms with Gasteiger partial charge in [-0.3, -0.25) is 4.79 Å². The second-order valence-electron chi connectivity index (χ2n) is 8.12. The summed E-state index contributed by atoms with van der Waals surface area (Å²) in [6.07, 6.45) is 0.160. The predicted octanol–water partition coefficient (Wildman–Crippen LogP) is 0.205. The highest BCUT2D eigenvalue weighted by Crippen LogP contribution is 2.39. The standard InChI is InChI=1S/C17H24N2O8S3/c1-17(2)11-29(23,24)19(16(17)20)12-5-6-14(27-4)15(9-12)30(25,26)18(3)13-7-8-28(21,22)10-13/h5-6,9,13H,7-8,10-11H2,1-4H3. The van der Waals surface area contributed by atoms with E-state index in [-0.39, 0.29) is 34.3 Å². The molecule has 0 aliphatic carbocycles. The maximum Gasteiger partial charge on any atom is 0.247 e. The Labute approximate surface area is 176 Å². The van der Waals surface area contributed by atoms with Crippen LogP contribution in [0.3, 0.4) is 0 Å². The molecule has 1 unspecified atom stereocenters. The van der Waals surface area contributed by atoms with Crippen molar-refractivity contribution < 1.29 is 34.8 Å². The van der Waals surface area contributed by atoms with Gasteiger partial charge in [-0.1, -0.05) is 0 Å². The number of sulfonamides is 2. The summed E-state index contributed by atoms with van der Waals surface area (Å²) in [5.41, 5.74) is -1.26. The summed E-state index contributed by atoms with van der Waals surface area (Å²) in [6.45, 7) is 3.00. The molecule has 1 aromatic rings. The number of nitrogens with zero attached hydrogens (tertiary/aromatic N) is 2. The Balaban J connectivity index is 2.09. The van der Waals surface area contributed by atoms with Gasteiger partial charge in [0.2, 0.25) is 26.0 Å². The minimum atomic E-state index is -4.24. The number of sulfone groups is 1. The van der Waals surface area contributed by atoms with E-state index in [0.717, 1.165) is 10.4 Å². The monoisotopic (exact) mass is 480 g/mol. The number of rotatable bonds is 5. The molecule has 1 aromatic carbocycles. The molecule has 2 aliphatic rings. The van der Waals surface area contributed by atoms with E-state index in [1.54, 1.807) is 0 Å².